The van der Waals surface area contributed by atoms with Crippen molar-refractivity contribution in [1.29, 1.82) is 0 Å². The summed E-state index contributed by atoms with van der Waals surface area (Å²) in [5, 5.41) is 5.69. The third-order valence-corrected chi connectivity index (χ3v) is 2.33. The lowest BCUT2D eigenvalue weighted by Crippen LogP contribution is -1.83. The predicted molar refractivity (Wildman–Crippen MR) is 58.6 cm³/mol. The topological polar surface area (TPSA) is 44.5 Å². The molecule has 0 aliphatic carbocycles. The highest BCUT2D eigenvalue weighted by Gasteiger charge is 1.99. The van der Waals surface area contributed by atoms with E-state index in [4.69, 9.17) is 12.2 Å². The highest BCUT2D eigenvalue weighted by atomic mass is 32.1. The predicted octanol–water partition coefficient (Wildman–Crippen LogP) is 2.70. The number of nitrogens with zero attached hydrogens (tertiary/aromatic N) is 1. The Morgan fingerprint density at radius 3 is 2.43 bits per heavy atom. The number of aromatic amines is 2. The van der Waals surface area contributed by atoms with Crippen molar-refractivity contribution in [3.05, 3.63) is 34.6 Å². The number of benzene rings is 1. The molecule has 1 aromatic carbocycles. The van der Waals surface area contributed by atoms with E-state index in [9.17, 15) is 0 Å². The molecular weight excluding hydrogens is 194 g/mol. The van der Waals surface area contributed by atoms with Gasteiger partial charge < -0.3 is 0 Å². The lowest BCUT2D eigenvalue weighted by molar-refractivity contribution is 1.08. The van der Waals surface area contributed by atoms with Gasteiger partial charge in [-0.25, -0.2) is 0 Å². The zero-order chi connectivity index (χ0) is 9.97. The van der Waals surface area contributed by atoms with E-state index in [0.717, 1.165) is 17.8 Å². The summed E-state index contributed by atoms with van der Waals surface area (Å²) in [7, 11) is 0. The average Bonchev–Trinajstić information content (AvgIpc) is 2.65. The smallest absolute Gasteiger partial charge is 0.213 e. The summed E-state index contributed by atoms with van der Waals surface area (Å²) in [5.41, 5.74) is 2.37. The van der Waals surface area contributed by atoms with Crippen LogP contribution in [-0.4, -0.2) is 15.2 Å². The average molecular weight is 205 g/mol. The first-order chi connectivity index (χ1) is 6.79. The first-order valence-electron chi connectivity index (χ1n) is 4.53. The third-order valence-electron chi connectivity index (χ3n) is 2.14. The maximum Gasteiger partial charge on any atom is 0.213 e. The van der Waals surface area contributed by atoms with Crippen molar-refractivity contribution >= 4 is 12.2 Å². The van der Waals surface area contributed by atoms with Crippen molar-refractivity contribution in [1.82, 2.24) is 15.2 Å². The van der Waals surface area contributed by atoms with Gasteiger partial charge in [-0.05, 0) is 24.2 Å². The molecule has 0 spiro atoms. The Balaban J connectivity index is 2.38. The van der Waals surface area contributed by atoms with Gasteiger partial charge in [-0.3, -0.25) is 10.2 Å². The molecule has 0 atom stereocenters. The molecule has 3 nitrogen and oxygen atoms in total. The van der Waals surface area contributed by atoms with Gasteiger partial charge >= 0.3 is 0 Å². The Labute approximate surface area is 87.2 Å². The summed E-state index contributed by atoms with van der Waals surface area (Å²) in [5.74, 6) is 0.789. The van der Waals surface area contributed by atoms with Crippen LogP contribution in [0, 0.1) is 4.77 Å². The molecule has 14 heavy (non-hydrogen) atoms. The Morgan fingerprint density at radius 1 is 1.21 bits per heavy atom. The molecule has 2 aromatic rings. The highest BCUT2D eigenvalue weighted by Crippen LogP contribution is 2.14. The Bertz CT molecular complexity index is 467. The fourth-order valence-corrected chi connectivity index (χ4v) is 1.45. The normalized spacial score (nSPS) is 10.4. The van der Waals surface area contributed by atoms with Gasteiger partial charge in [-0.2, -0.15) is 4.98 Å². The van der Waals surface area contributed by atoms with Crippen LogP contribution in [0.5, 0.6) is 0 Å². The van der Waals surface area contributed by atoms with Crippen LogP contribution in [0.25, 0.3) is 11.4 Å². The number of hydrogen-bond donors (Lipinski definition) is 2. The minimum Gasteiger partial charge on any atom is -0.282 e. The summed E-state index contributed by atoms with van der Waals surface area (Å²) in [4.78, 5) is 4.14. The molecule has 0 aliphatic rings. The third kappa shape index (κ3) is 1.75. The Kier molecular flexibility index (Phi) is 2.45. The molecule has 2 rings (SSSR count). The van der Waals surface area contributed by atoms with E-state index in [1.807, 2.05) is 12.1 Å². The van der Waals surface area contributed by atoms with E-state index in [1.165, 1.54) is 5.56 Å². The van der Waals surface area contributed by atoms with Gasteiger partial charge in [0, 0.05) is 5.56 Å². The van der Waals surface area contributed by atoms with Crippen molar-refractivity contribution in [3.8, 4) is 11.4 Å². The molecule has 72 valence electrons. The maximum atomic E-state index is 4.88. The standard InChI is InChI=1S/C10H11N3S/c1-2-7-3-5-8(6-4-7)9-11-10(14)13-12-9/h3-6H,2H2,1H3,(H2,11,12,13,14). The molecule has 0 saturated carbocycles. The number of aromatic nitrogens is 3. The fourth-order valence-electron chi connectivity index (χ4n) is 1.31. The molecule has 1 heterocycles. The number of hydrogen-bond acceptors (Lipinski definition) is 2. The number of aryl methyl sites for hydroxylation is 1. The zero-order valence-electron chi connectivity index (χ0n) is 7.87. The van der Waals surface area contributed by atoms with E-state index in [0.29, 0.717) is 4.77 Å². The highest BCUT2D eigenvalue weighted by molar-refractivity contribution is 7.71. The number of rotatable bonds is 2. The molecule has 1 aromatic heterocycles. The molecule has 0 amide bonds. The second-order valence-electron chi connectivity index (χ2n) is 3.07. The summed E-state index contributed by atoms with van der Waals surface area (Å²) in [6.07, 6.45) is 1.05. The molecule has 2 N–H and O–H groups in total. The van der Waals surface area contributed by atoms with Crippen LogP contribution in [0.3, 0.4) is 0 Å². The quantitative estimate of drug-likeness (QED) is 0.740. The van der Waals surface area contributed by atoms with Crippen LogP contribution in [-0.2, 0) is 6.42 Å². The van der Waals surface area contributed by atoms with Crippen LogP contribution in [0.2, 0.25) is 0 Å². The molecule has 0 bridgehead atoms. The second kappa shape index (κ2) is 3.75. The number of nitrogens with one attached hydrogen (secondary N) is 2. The van der Waals surface area contributed by atoms with E-state index < -0.39 is 0 Å². The lowest BCUT2D eigenvalue weighted by atomic mass is 10.1. The lowest BCUT2D eigenvalue weighted by Gasteiger charge is -1.98. The van der Waals surface area contributed by atoms with Gasteiger partial charge in [-0.15, -0.1) is 0 Å². The molecule has 0 radical (unpaired) electrons. The van der Waals surface area contributed by atoms with Crippen molar-refractivity contribution < 1.29 is 0 Å². The van der Waals surface area contributed by atoms with Crippen LogP contribution in [0.4, 0.5) is 0 Å². The first-order valence-corrected chi connectivity index (χ1v) is 4.94. The SMILES string of the molecule is CCc1ccc(-c2nc(=S)[nH][nH]2)cc1. The monoisotopic (exact) mass is 205 g/mol. The van der Waals surface area contributed by atoms with Gasteiger partial charge in [0.05, 0.1) is 0 Å². The molecule has 4 heteroatoms. The van der Waals surface area contributed by atoms with Crippen molar-refractivity contribution in [3.63, 3.8) is 0 Å². The Hall–Kier alpha value is -1.42. The van der Waals surface area contributed by atoms with Gasteiger partial charge in [0.1, 0.15) is 0 Å². The molecule has 0 aliphatic heterocycles. The summed E-state index contributed by atoms with van der Waals surface area (Å²) in [6, 6.07) is 8.28. The van der Waals surface area contributed by atoms with Gasteiger partial charge in [-0.1, -0.05) is 31.2 Å². The zero-order valence-corrected chi connectivity index (χ0v) is 8.69. The molecule has 0 unspecified atom stereocenters. The molecule has 0 saturated heterocycles. The molecule has 0 fully saturated rings. The summed E-state index contributed by atoms with van der Waals surface area (Å²) < 4.78 is 0.486. The van der Waals surface area contributed by atoms with Gasteiger partial charge in [0.15, 0.2) is 5.82 Å². The van der Waals surface area contributed by atoms with Crippen molar-refractivity contribution in [2.75, 3.05) is 0 Å². The fraction of sp³-hybridized carbons (Fsp3) is 0.200. The van der Waals surface area contributed by atoms with Crippen LogP contribution in [0.1, 0.15) is 12.5 Å². The van der Waals surface area contributed by atoms with Crippen LogP contribution in [0.15, 0.2) is 24.3 Å². The van der Waals surface area contributed by atoms with E-state index in [2.05, 4.69) is 34.2 Å². The van der Waals surface area contributed by atoms with Gasteiger partial charge in [0.2, 0.25) is 4.77 Å². The Morgan fingerprint density at radius 2 is 1.93 bits per heavy atom. The van der Waals surface area contributed by atoms with E-state index in [-0.39, 0.29) is 0 Å². The summed E-state index contributed by atoms with van der Waals surface area (Å²) in [6.45, 7) is 2.14. The van der Waals surface area contributed by atoms with Crippen LogP contribution >= 0.6 is 12.2 Å². The number of H-pyrrole nitrogens is 2. The van der Waals surface area contributed by atoms with Gasteiger partial charge in [0.25, 0.3) is 0 Å². The minimum absolute atomic E-state index is 0.486. The largest absolute Gasteiger partial charge is 0.282 e. The maximum absolute atomic E-state index is 4.88. The first kappa shape index (κ1) is 9.15. The van der Waals surface area contributed by atoms with Crippen molar-refractivity contribution in [2.45, 2.75) is 13.3 Å². The molecular formula is C10H11N3S. The van der Waals surface area contributed by atoms with Crippen LogP contribution < -0.4 is 0 Å². The van der Waals surface area contributed by atoms with E-state index >= 15 is 0 Å². The minimum atomic E-state index is 0.486. The second-order valence-corrected chi connectivity index (χ2v) is 3.45. The summed E-state index contributed by atoms with van der Waals surface area (Å²) >= 11 is 4.88. The van der Waals surface area contributed by atoms with E-state index in [1.54, 1.807) is 0 Å². The van der Waals surface area contributed by atoms with Crippen molar-refractivity contribution in [2.24, 2.45) is 0 Å².